The van der Waals surface area contributed by atoms with Gasteiger partial charge in [0.05, 0.1) is 0 Å². The number of carbonyl (C=O) groups is 1. The van der Waals surface area contributed by atoms with Crippen molar-refractivity contribution >= 4 is 11.7 Å². The average Bonchev–Trinajstić information content (AvgIpc) is 3.05. The summed E-state index contributed by atoms with van der Waals surface area (Å²) in [5, 5.41) is 6.12. The van der Waals surface area contributed by atoms with E-state index in [1.165, 1.54) is 6.33 Å². The first-order chi connectivity index (χ1) is 12.5. The third kappa shape index (κ3) is 4.05. The molecule has 134 valence electrons. The van der Waals surface area contributed by atoms with Crippen LogP contribution in [-0.4, -0.2) is 38.5 Å². The van der Waals surface area contributed by atoms with Crippen molar-refractivity contribution in [2.75, 3.05) is 18.4 Å². The van der Waals surface area contributed by atoms with E-state index in [-0.39, 0.29) is 5.91 Å². The standard InChI is InChI=1S/C19H22N6O/c1-13-4-5-16(14(2)10-13)19(26)22-7-6-21-17-11-18(24-12-23-17)25-9-8-20-15(25)3/h4-5,8-12H,6-7H2,1-3H3,(H,22,26)(H,21,23,24). The fourth-order valence-electron chi connectivity index (χ4n) is 2.73. The molecular weight excluding hydrogens is 328 g/mol. The molecule has 0 saturated heterocycles. The molecule has 0 spiro atoms. The van der Waals surface area contributed by atoms with Crippen molar-refractivity contribution in [3.63, 3.8) is 0 Å². The van der Waals surface area contributed by atoms with Crippen molar-refractivity contribution in [2.45, 2.75) is 20.8 Å². The van der Waals surface area contributed by atoms with Gasteiger partial charge in [0.25, 0.3) is 5.91 Å². The maximum Gasteiger partial charge on any atom is 0.251 e. The Bertz CT molecular complexity index is 918. The van der Waals surface area contributed by atoms with Gasteiger partial charge in [-0.2, -0.15) is 0 Å². The second-order valence-electron chi connectivity index (χ2n) is 6.11. The van der Waals surface area contributed by atoms with Crippen molar-refractivity contribution in [1.82, 2.24) is 24.8 Å². The molecule has 0 fully saturated rings. The van der Waals surface area contributed by atoms with E-state index in [1.54, 1.807) is 6.20 Å². The van der Waals surface area contributed by atoms with Crippen LogP contribution in [0.1, 0.15) is 27.3 Å². The highest BCUT2D eigenvalue weighted by Gasteiger charge is 2.08. The largest absolute Gasteiger partial charge is 0.368 e. The third-order valence-corrected chi connectivity index (χ3v) is 4.07. The van der Waals surface area contributed by atoms with E-state index in [4.69, 9.17) is 0 Å². The Morgan fingerprint density at radius 3 is 2.65 bits per heavy atom. The number of carbonyl (C=O) groups excluding carboxylic acids is 1. The number of rotatable bonds is 6. The molecule has 7 nitrogen and oxygen atoms in total. The van der Waals surface area contributed by atoms with E-state index in [1.807, 2.05) is 55.8 Å². The number of anilines is 1. The van der Waals surface area contributed by atoms with E-state index in [0.717, 1.165) is 22.8 Å². The van der Waals surface area contributed by atoms with Crippen LogP contribution >= 0.6 is 0 Å². The number of hydrogen-bond donors (Lipinski definition) is 2. The molecule has 0 atom stereocenters. The summed E-state index contributed by atoms with van der Waals surface area (Å²) in [6.45, 7) is 6.93. The molecule has 3 rings (SSSR count). The van der Waals surface area contributed by atoms with Gasteiger partial charge in [-0.3, -0.25) is 9.36 Å². The molecule has 0 aliphatic carbocycles. The number of hydrogen-bond acceptors (Lipinski definition) is 5. The van der Waals surface area contributed by atoms with Gasteiger partial charge < -0.3 is 10.6 Å². The quantitative estimate of drug-likeness (QED) is 0.667. The smallest absolute Gasteiger partial charge is 0.251 e. The minimum absolute atomic E-state index is 0.0679. The van der Waals surface area contributed by atoms with Gasteiger partial charge >= 0.3 is 0 Å². The summed E-state index contributed by atoms with van der Waals surface area (Å²) < 4.78 is 1.88. The molecule has 0 saturated carbocycles. The highest BCUT2D eigenvalue weighted by atomic mass is 16.1. The first-order valence-electron chi connectivity index (χ1n) is 8.46. The highest BCUT2D eigenvalue weighted by molar-refractivity contribution is 5.95. The van der Waals surface area contributed by atoms with Crippen molar-refractivity contribution in [2.24, 2.45) is 0 Å². The molecule has 0 unspecified atom stereocenters. The molecular formula is C19H22N6O. The van der Waals surface area contributed by atoms with E-state index in [0.29, 0.717) is 24.5 Å². The second-order valence-corrected chi connectivity index (χ2v) is 6.11. The molecule has 7 heteroatoms. The minimum atomic E-state index is -0.0679. The molecule has 26 heavy (non-hydrogen) atoms. The summed E-state index contributed by atoms with van der Waals surface area (Å²) in [7, 11) is 0. The lowest BCUT2D eigenvalue weighted by molar-refractivity contribution is 0.0954. The minimum Gasteiger partial charge on any atom is -0.368 e. The normalized spacial score (nSPS) is 10.6. The Labute approximate surface area is 152 Å². The lowest BCUT2D eigenvalue weighted by Crippen LogP contribution is -2.29. The maximum absolute atomic E-state index is 12.3. The molecule has 0 radical (unpaired) electrons. The summed E-state index contributed by atoms with van der Waals surface area (Å²) in [6, 6.07) is 7.66. The van der Waals surface area contributed by atoms with Crippen LogP contribution in [0.15, 0.2) is 43.0 Å². The first kappa shape index (κ1) is 17.6. The van der Waals surface area contributed by atoms with Crippen molar-refractivity contribution in [1.29, 1.82) is 0 Å². The van der Waals surface area contributed by atoms with Crippen LogP contribution in [0.2, 0.25) is 0 Å². The van der Waals surface area contributed by atoms with Crippen LogP contribution < -0.4 is 10.6 Å². The number of amides is 1. The first-order valence-corrected chi connectivity index (χ1v) is 8.46. The van der Waals surface area contributed by atoms with Crippen LogP contribution in [0, 0.1) is 20.8 Å². The summed E-state index contributed by atoms with van der Waals surface area (Å²) in [6.07, 6.45) is 5.09. The predicted molar refractivity (Wildman–Crippen MR) is 101 cm³/mol. The number of benzene rings is 1. The zero-order valence-corrected chi connectivity index (χ0v) is 15.2. The monoisotopic (exact) mass is 350 g/mol. The molecule has 0 aliphatic rings. The summed E-state index contributed by atoms with van der Waals surface area (Å²) in [4.78, 5) is 24.9. The third-order valence-electron chi connectivity index (χ3n) is 4.07. The van der Waals surface area contributed by atoms with E-state index in [2.05, 4.69) is 25.6 Å². The molecule has 1 amide bonds. The number of nitrogens with zero attached hydrogens (tertiary/aromatic N) is 4. The van der Waals surface area contributed by atoms with Crippen LogP contribution in [-0.2, 0) is 0 Å². The van der Waals surface area contributed by atoms with Gasteiger partial charge in [0.1, 0.15) is 23.8 Å². The van der Waals surface area contributed by atoms with E-state index in [9.17, 15) is 4.79 Å². The highest BCUT2D eigenvalue weighted by Crippen LogP contribution is 2.11. The Morgan fingerprint density at radius 1 is 1.08 bits per heavy atom. The molecule has 1 aromatic carbocycles. The van der Waals surface area contributed by atoms with Gasteiger partial charge in [0.15, 0.2) is 0 Å². The molecule has 0 bridgehead atoms. The number of imidazole rings is 1. The predicted octanol–water partition coefficient (Wildman–Crippen LogP) is 2.43. The van der Waals surface area contributed by atoms with Crippen molar-refractivity contribution in [3.8, 4) is 5.82 Å². The number of aryl methyl sites for hydroxylation is 3. The van der Waals surface area contributed by atoms with E-state index < -0.39 is 0 Å². The SMILES string of the molecule is Cc1ccc(C(=O)NCCNc2cc(-n3ccnc3C)ncn2)c(C)c1. The Morgan fingerprint density at radius 2 is 1.92 bits per heavy atom. The van der Waals surface area contributed by atoms with Crippen molar-refractivity contribution < 1.29 is 4.79 Å². The lowest BCUT2D eigenvalue weighted by atomic mass is 10.1. The Balaban J connectivity index is 1.54. The van der Waals surface area contributed by atoms with Crippen molar-refractivity contribution in [3.05, 3.63) is 65.5 Å². The van der Waals surface area contributed by atoms with E-state index >= 15 is 0 Å². The summed E-state index contributed by atoms with van der Waals surface area (Å²) in [5.74, 6) is 2.23. The maximum atomic E-state index is 12.3. The zero-order chi connectivity index (χ0) is 18.5. The summed E-state index contributed by atoms with van der Waals surface area (Å²) in [5.41, 5.74) is 2.83. The van der Waals surface area contributed by atoms with Crippen LogP contribution in [0.3, 0.4) is 0 Å². The fourth-order valence-corrected chi connectivity index (χ4v) is 2.73. The number of aromatic nitrogens is 4. The second kappa shape index (κ2) is 7.77. The van der Waals surface area contributed by atoms with Gasteiger partial charge in [-0.1, -0.05) is 17.7 Å². The van der Waals surface area contributed by atoms with Gasteiger partial charge in [-0.15, -0.1) is 0 Å². The summed E-state index contributed by atoms with van der Waals surface area (Å²) >= 11 is 0. The molecule has 2 N–H and O–H groups in total. The van der Waals surface area contributed by atoms with Crippen LogP contribution in [0.4, 0.5) is 5.82 Å². The van der Waals surface area contributed by atoms with Gasteiger partial charge in [-0.25, -0.2) is 15.0 Å². The van der Waals surface area contributed by atoms with Gasteiger partial charge in [0, 0.05) is 37.1 Å². The van der Waals surface area contributed by atoms with Crippen LogP contribution in [0.5, 0.6) is 0 Å². The molecule has 2 aromatic heterocycles. The van der Waals surface area contributed by atoms with Gasteiger partial charge in [0.2, 0.25) is 0 Å². The van der Waals surface area contributed by atoms with Crippen LogP contribution in [0.25, 0.3) is 5.82 Å². The number of nitrogens with one attached hydrogen (secondary N) is 2. The molecule has 3 aromatic rings. The Kier molecular flexibility index (Phi) is 5.26. The molecule has 0 aliphatic heterocycles. The Hall–Kier alpha value is -3.22. The molecule has 2 heterocycles. The lowest BCUT2D eigenvalue weighted by Gasteiger charge is -2.10. The topological polar surface area (TPSA) is 84.7 Å². The van der Waals surface area contributed by atoms with Gasteiger partial charge in [-0.05, 0) is 32.4 Å². The fraction of sp³-hybridized carbons (Fsp3) is 0.263. The average molecular weight is 350 g/mol. The zero-order valence-electron chi connectivity index (χ0n) is 15.2.